The molecular weight excluding hydrogens is 316 g/mol. The van der Waals surface area contributed by atoms with Crippen LogP contribution in [0.1, 0.15) is 0 Å². The Bertz CT molecular complexity index is 245. The van der Waals surface area contributed by atoms with Gasteiger partial charge in [-0.3, -0.25) is 0 Å². The maximum atomic E-state index is 5.70. The molecule has 0 amide bonds. The van der Waals surface area contributed by atoms with E-state index in [4.69, 9.17) is 27.9 Å². The average Bonchev–Trinajstić information content (AvgIpc) is 2.08. The van der Waals surface area contributed by atoms with Crippen LogP contribution in [0, 0.1) is 6.07 Å². The maximum absolute atomic E-state index is 5.70. The van der Waals surface area contributed by atoms with E-state index in [1.165, 1.54) is 16.3 Å². The van der Waals surface area contributed by atoms with Crippen LogP contribution >= 0.6 is 36.8 Å². The molecule has 0 aliphatic heterocycles. The second kappa shape index (κ2) is 7.14. The molecule has 0 N–H and O–H groups in total. The van der Waals surface area contributed by atoms with Crippen molar-refractivity contribution < 1.29 is 21.1 Å². The fourth-order valence-corrected chi connectivity index (χ4v) is 1.04. The van der Waals surface area contributed by atoms with Gasteiger partial charge in [-0.25, -0.2) is 0 Å². The van der Waals surface area contributed by atoms with Gasteiger partial charge >= 0.3 is 30.0 Å². The van der Waals surface area contributed by atoms with Crippen LogP contribution in [0.4, 0.5) is 0 Å². The van der Waals surface area contributed by atoms with E-state index < -0.39 is 0 Å². The number of ether oxygens (including phenoxy) is 1. The Balaban J connectivity index is 0.000000561. The molecule has 0 saturated carbocycles. The van der Waals surface area contributed by atoms with Gasteiger partial charge in [0.25, 0.3) is 0 Å². The number of hydrogen-bond donors (Lipinski definition) is 0. The van der Waals surface area contributed by atoms with Crippen LogP contribution in [0.5, 0.6) is 5.75 Å². The van der Waals surface area contributed by atoms with Gasteiger partial charge in [0.2, 0.25) is 0 Å². The van der Waals surface area contributed by atoms with E-state index in [-0.39, 0.29) is 0 Å². The van der Waals surface area contributed by atoms with Gasteiger partial charge in [0.15, 0.2) is 0 Å². The minimum atomic E-state index is 0.491. The van der Waals surface area contributed by atoms with Crippen LogP contribution in [-0.4, -0.2) is 7.11 Å². The van der Waals surface area contributed by atoms with Crippen LogP contribution < -0.4 is 4.74 Å². The second-order valence-corrected chi connectivity index (χ2v) is 2.51. The van der Waals surface area contributed by atoms with Crippen molar-refractivity contribution in [1.29, 1.82) is 0 Å². The van der Waals surface area contributed by atoms with Crippen molar-refractivity contribution in [2.45, 2.75) is 0 Å². The van der Waals surface area contributed by atoms with E-state index in [1.54, 1.807) is 19.2 Å². The zero-order valence-electron chi connectivity index (χ0n) is 6.40. The Kier molecular flexibility index (Phi) is 7.56. The molecule has 0 saturated heterocycles. The first-order valence-electron chi connectivity index (χ1n) is 2.91. The molecule has 1 aromatic rings. The fourth-order valence-electron chi connectivity index (χ4n) is 0.584. The van der Waals surface area contributed by atoms with Crippen molar-refractivity contribution in [2.24, 2.45) is 0 Å². The normalized spacial score (nSPS) is 8.50. The van der Waals surface area contributed by atoms with Crippen molar-refractivity contribution in [3.05, 3.63) is 28.2 Å². The summed E-state index contributed by atoms with van der Waals surface area (Å²) in [6.07, 6.45) is 0. The second-order valence-electron chi connectivity index (χ2n) is 1.70. The molecule has 0 spiro atoms. The molecule has 62 valence electrons. The summed E-state index contributed by atoms with van der Waals surface area (Å²) >= 11 is 15.5. The fraction of sp³-hybridized carbons (Fsp3) is 0.143. The minimum absolute atomic E-state index is 0.491. The van der Waals surface area contributed by atoms with Crippen LogP contribution in [0.2, 0.25) is 10.0 Å². The summed E-state index contributed by atoms with van der Waals surface area (Å²) in [5.74, 6) is 0.589. The molecule has 5 heteroatoms. The van der Waals surface area contributed by atoms with Crippen LogP contribution in [0.3, 0.4) is 0 Å². The van der Waals surface area contributed by atoms with Crippen LogP contribution in [0.25, 0.3) is 0 Å². The third-order valence-electron chi connectivity index (χ3n) is 1.05. The van der Waals surface area contributed by atoms with E-state index in [1.807, 2.05) is 0 Å². The van der Waals surface area contributed by atoms with Gasteiger partial charge in [-0.1, -0.05) is 5.02 Å². The molecule has 0 bridgehead atoms. The molecule has 0 atom stereocenters. The Morgan fingerprint density at radius 2 is 2.08 bits per heavy atom. The molecule has 0 fully saturated rings. The molecule has 0 aliphatic rings. The van der Waals surface area contributed by atoms with Crippen molar-refractivity contribution in [2.75, 3.05) is 7.11 Å². The molecule has 1 rings (SSSR count). The summed E-state index contributed by atoms with van der Waals surface area (Å²) in [6, 6.07) is 5.93. The summed E-state index contributed by atoms with van der Waals surface area (Å²) in [5, 5.41) is 0.997. The number of halogens is 3. The molecule has 1 nitrogen and oxygen atoms in total. The standard InChI is InChI=1S/C7H5Cl2O.BrH.Zn/c1-10-7-3-2-5(8)4-6(7)9;;/h3-4H,1H3;1H;/q-1;;+2/p-1. The summed E-state index contributed by atoms with van der Waals surface area (Å²) in [7, 11) is 1.54. The Morgan fingerprint density at radius 3 is 2.50 bits per heavy atom. The summed E-state index contributed by atoms with van der Waals surface area (Å²) in [4.78, 5) is 0. The number of hydrogen-bond acceptors (Lipinski definition) is 1. The molecule has 0 heterocycles. The van der Waals surface area contributed by atoms with Gasteiger partial charge in [0.05, 0.1) is 7.11 Å². The van der Waals surface area contributed by atoms with Gasteiger partial charge in [0, 0.05) is 5.75 Å². The van der Waals surface area contributed by atoms with E-state index in [0.717, 1.165) is 0 Å². The third-order valence-corrected chi connectivity index (χ3v) is 1.56. The summed E-state index contributed by atoms with van der Waals surface area (Å²) in [5.41, 5.74) is 0. The summed E-state index contributed by atoms with van der Waals surface area (Å²) < 4.78 is 4.88. The molecular formula is C7H5BrCl2OZn. The van der Waals surface area contributed by atoms with Gasteiger partial charge in [-0.05, 0) is 5.02 Å². The van der Waals surface area contributed by atoms with Gasteiger partial charge in [-0.15, -0.1) is 35.3 Å². The predicted octanol–water partition coefficient (Wildman–Crippen LogP) is 3.65. The number of benzene rings is 1. The third kappa shape index (κ3) is 4.09. The van der Waals surface area contributed by atoms with Crippen LogP contribution in [-0.2, 0) is 16.3 Å². The average molecular weight is 321 g/mol. The number of rotatable bonds is 1. The first kappa shape index (κ1) is 12.7. The summed E-state index contributed by atoms with van der Waals surface area (Å²) in [6.45, 7) is 0. The van der Waals surface area contributed by atoms with Crippen molar-refractivity contribution in [1.82, 2.24) is 0 Å². The molecule has 1 aromatic carbocycles. The zero-order valence-corrected chi connectivity index (χ0v) is 12.5. The Labute approximate surface area is 98.4 Å². The van der Waals surface area contributed by atoms with E-state index in [0.29, 0.717) is 15.8 Å². The number of methoxy groups -OCH3 is 1. The molecule has 0 aromatic heterocycles. The Morgan fingerprint density at radius 1 is 1.50 bits per heavy atom. The topological polar surface area (TPSA) is 9.23 Å². The van der Waals surface area contributed by atoms with E-state index in [9.17, 15) is 0 Å². The van der Waals surface area contributed by atoms with E-state index in [2.05, 4.69) is 19.7 Å². The van der Waals surface area contributed by atoms with Gasteiger partial charge in [0.1, 0.15) is 0 Å². The molecule has 0 aliphatic carbocycles. The van der Waals surface area contributed by atoms with Gasteiger partial charge in [-0.2, -0.15) is 6.07 Å². The quantitative estimate of drug-likeness (QED) is 0.567. The monoisotopic (exact) mass is 318 g/mol. The van der Waals surface area contributed by atoms with Crippen molar-refractivity contribution in [3.8, 4) is 5.75 Å². The first-order valence-corrected chi connectivity index (χ1v) is 10.6. The Hall–Kier alpha value is 0.703. The molecule has 0 unspecified atom stereocenters. The SMILES string of the molecule is COc1c[c-]c(Cl)cc1Cl.[Zn+][Br]. The predicted molar refractivity (Wildman–Crippen MR) is 50.8 cm³/mol. The molecule has 0 radical (unpaired) electrons. The van der Waals surface area contributed by atoms with Crippen LogP contribution in [0.15, 0.2) is 12.1 Å². The molecule has 12 heavy (non-hydrogen) atoms. The van der Waals surface area contributed by atoms with Crippen molar-refractivity contribution in [3.63, 3.8) is 0 Å². The van der Waals surface area contributed by atoms with E-state index >= 15 is 0 Å². The van der Waals surface area contributed by atoms with Crippen molar-refractivity contribution >= 4 is 36.8 Å². The zero-order chi connectivity index (χ0) is 9.56. The van der Waals surface area contributed by atoms with Gasteiger partial charge < -0.3 is 4.74 Å². The first-order chi connectivity index (χ1) is 5.74.